The van der Waals surface area contributed by atoms with Crippen LogP contribution in [-0.4, -0.2) is 24.7 Å². The van der Waals surface area contributed by atoms with Crippen LogP contribution in [-0.2, 0) is 4.74 Å². The summed E-state index contributed by atoms with van der Waals surface area (Å²) in [5.41, 5.74) is 1.24. The molecule has 1 aromatic heterocycles. The summed E-state index contributed by atoms with van der Waals surface area (Å²) in [4.78, 5) is 4.25. The highest BCUT2D eigenvalue weighted by atomic mass is 16.5. The average Bonchev–Trinajstić information content (AvgIpc) is 2.67. The first kappa shape index (κ1) is 9.46. The van der Waals surface area contributed by atoms with Crippen LogP contribution in [0.15, 0.2) is 18.3 Å². The summed E-state index contributed by atoms with van der Waals surface area (Å²) in [7, 11) is 0. The standard InChI is InChI=1S/C11H16N2O/c1-9-2-4-12-11(6-9)13-7-10-3-5-14-8-10/h2,4,6,10H,3,5,7-8H2,1H3,(H,12,13). The van der Waals surface area contributed by atoms with Gasteiger partial charge < -0.3 is 10.1 Å². The van der Waals surface area contributed by atoms with E-state index in [1.165, 1.54) is 12.0 Å². The summed E-state index contributed by atoms with van der Waals surface area (Å²) in [6.07, 6.45) is 3.00. The normalized spacial score (nSPS) is 21.1. The van der Waals surface area contributed by atoms with Crippen LogP contribution in [0.5, 0.6) is 0 Å². The van der Waals surface area contributed by atoms with E-state index < -0.39 is 0 Å². The fourth-order valence-electron chi connectivity index (χ4n) is 1.63. The minimum absolute atomic E-state index is 0.650. The van der Waals surface area contributed by atoms with Gasteiger partial charge in [-0.05, 0) is 31.0 Å². The molecule has 0 bridgehead atoms. The highest BCUT2D eigenvalue weighted by Crippen LogP contribution is 2.13. The molecule has 0 radical (unpaired) electrons. The first-order chi connectivity index (χ1) is 6.84. The number of rotatable bonds is 3. The molecule has 1 atom stereocenters. The van der Waals surface area contributed by atoms with Crippen molar-refractivity contribution in [2.75, 3.05) is 25.1 Å². The van der Waals surface area contributed by atoms with Gasteiger partial charge in [-0.1, -0.05) is 0 Å². The van der Waals surface area contributed by atoms with Gasteiger partial charge in [0.05, 0.1) is 6.61 Å². The van der Waals surface area contributed by atoms with Crippen LogP contribution in [0, 0.1) is 12.8 Å². The Balaban J connectivity index is 1.85. The minimum atomic E-state index is 0.650. The molecular weight excluding hydrogens is 176 g/mol. The monoisotopic (exact) mass is 192 g/mol. The van der Waals surface area contributed by atoms with Gasteiger partial charge in [0.2, 0.25) is 0 Å². The van der Waals surface area contributed by atoms with Crippen molar-refractivity contribution in [1.82, 2.24) is 4.98 Å². The SMILES string of the molecule is Cc1ccnc(NCC2CCOC2)c1. The molecule has 1 saturated heterocycles. The lowest BCUT2D eigenvalue weighted by molar-refractivity contribution is 0.187. The van der Waals surface area contributed by atoms with Crippen LogP contribution in [0.1, 0.15) is 12.0 Å². The molecule has 1 aliphatic heterocycles. The average molecular weight is 192 g/mol. The Morgan fingerprint density at radius 1 is 1.64 bits per heavy atom. The number of hydrogen-bond acceptors (Lipinski definition) is 3. The van der Waals surface area contributed by atoms with Crippen molar-refractivity contribution >= 4 is 5.82 Å². The molecule has 1 aliphatic rings. The molecule has 76 valence electrons. The number of pyridine rings is 1. The van der Waals surface area contributed by atoms with Gasteiger partial charge in [0.1, 0.15) is 5.82 Å². The zero-order valence-electron chi connectivity index (χ0n) is 8.49. The van der Waals surface area contributed by atoms with Gasteiger partial charge in [-0.25, -0.2) is 4.98 Å². The summed E-state index contributed by atoms with van der Waals surface area (Å²) >= 11 is 0. The molecule has 3 nitrogen and oxygen atoms in total. The van der Waals surface area contributed by atoms with E-state index in [1.54, 1.807) is 0 Å². The number of ether oxygens (including phenoxy) is 1. The zero-order chi connectivity index (χ0) is 9.80. The van der Waals surface area contributed by atoms with Crippen LogP contribution in [0.2, 0.25) is 0 Å². The third-order valence-corrected chi connectivity index (χ3v) is 2.51. The predicted octanol–water partition coefficient (Wildman–Crippen LogP) is 1.84. The van der Waals surface area contributed by atoms with Crippen LogP contribution < -0.4 is 5.32 Å². The lowest BCUT2D eigenvalue weighted by atomic mass is 10.1. The number of hydrogen-bond donors (Lipinski definition) is 1. The van der Waals surface area contributed by atoms with Gasteiger partial charge in [-0.2, -0.15) is 0 Å². The molecule has 0 saturated carbocycles. The van der Waals surface area contributed by atoms with E-state index in [2.05, 4.69) is 23.3 Å². The third kappa shape index (κ3) is 2.45. The maximum Gasteiger partial charge on any atom is 0.126 e. The Morgan fingerprint density at radius 3 is 3.29 bits per heavy atom. The fraction of sp³-hybridized carbons (Fsp3) is 0.545. The lowest BCUT2D eigenvalue weighted by Gasteiger charge is -2.09. The highest BCUT2D eigenvalue weighted by molar-refractivity contribution is 5.36. The molecule has 0 spiro atoms. The van der Waals surface area contributed by atoms with E-state index in [0.717, 1.165) is 25.6 Å². The first-order valence-corrected chi connectivity index (χ1v) is 5.09. The summed E-state index contributed by atoms with van der Waals surface area (Å²) in [6.45, 7) is 4.84. The van der Waals surface area contributed by atoms with Gasteiger partial charge in [0.15, 0.2) is 0 Å². The number of aromatic nitrogens is 1. The lowest BCUT2D eigenvalue weighted by Crippen LogP contribution is -2.14. The second-order valence-corrected chi connectivity index (χ2v) is 3.83. The minimum Gasteiger partial charge on any atom is -0.381 e. The molecule has 0 amide bonds. The van der Waals surface area contributed by atoms with Gasteiger partial charge >= 0.3 is 0 Å². The molecule has 1 N–H and O–H groups in total. The molecule has 2 rings (SSSR count). The summed E-state index contributed by atoms with van der Waals surface area (Å²) in [5.74, 6) is 1.62. The summed E-state index contributed by atoms with van der Waals surface area (Å²) < 4.78 is 5.31. The topological polar surface area (TPSA) is 34.2 Å². The Kier molecular flexibility index (Phi) is 2.99. The van der Waals surface area contributed by atoms with E-state index in [-0.39, 0.29) is 0 Å². The molecule has 1 fully saturated rings. The maximum atomic E-state index is 5.31. The van der Waals surface area contributed by atoms with Crippen molar-refractivity contribution in [2.45, 2.75) is 13.3 Å². The zero-order valence-corrected chi connectivity index (χ0v) is 8.49. The van der Waals surface area contributed by atoms with Gasteiger partial charge in [-0.3, -0.25) is 0 Å². The van der Waals surface area contributed by atoms with E-state index in [0.29, 0.717) is 5.92 Å². The quantitative estimate of drug-likeness (QED) is 0.793. The van der Waals surface area contributed by atoms with Crippen molar-refractivity contribution in [1.29, 1.82) is 0 Å². The predicted molar refractivity (Wildman–Crippen MR) is 56.4 cm³/mol. The second kappa shape index (κ2) is 4.42. The van der Waals surface area contributed by atoms with Crippen LogP contribution >= 0.6 is 0 Å². The summed E-state index contributed by atoms with van der Waals surface area (Å²) in [6, 6.07) is 4.07. The first-order valence-electron chi connectivity index (χ1n) is 5.09. The maximum absolute atomic E-state index is 5.31. The van der Waals surface area contributed by atoms with Crippen molar-refractivity contribution in [3.8, 4) is 0 Å². The van der Waals surface area contributed by atoms with Gasteiger partial charge in [-0.15, -0.1) is 0 Å². The molecular formula is C11H16N2O. The van der Waals surface area contributed by atoms with Crippen molar-refractivity contribution < 1.29 is 4.74 Å². The van der Waals surface area contributed by atoms with Crippen LogP contribution in [0.25, 0.3) is 0 Å². The Morgan fingerprint density at radius 2 is 2.57 bits per heavy atom. The fourth-order valence-corrected chi connectivity index (χ4v) is 1.63. The molecule has 2 heterocycles. The van der Waals surface area contributed by atoms with E-state index in [1.807, 2.05) is 12.3 Å². The number of aryl methyl sites for hydroxylation is 1. The van der Waals surface area contributed by atoms with Crippen molar-refractivity contribution in [3.05, 3.63) is 23.9 Å². The second-order valence-electron chi connectivity index (χ2n) is 3.83. The number of anilines is 1. The van der Waals surface area contributed by atoms with Crippen molar-refractivity contribution in [2.24, 2.45) is 5.92 Å². The molecule has 3 heteroatoms. The van der Waals surface area contributed by atoms with Crippen LogP contribution in [0.3, 0.4) is 0 Å². The molecule has 14 heavy (non-hydrogen) atoms. The van der Waals surface area contributed by atoms with Crippen LogP contribution in [0.4, 0.5) is 5.82 Å². The number of nitrogens with one attached hydrogen (secondary N) is 1. The number of nitrogens with zero attached hydrogens (tertiary/aromatic N) is 1. The Labute approximate surface area is 84.5 Å². The van der Waals surface area contributed by atoms with E-state index >= 15 is 0 Å². The smallest absolute Gasteiger partial charge is 0.126 e. The highest BCUT2D eigenvalue weighted by Gasteiger charge is 2.14. The molecule has 0 aliphatic carbocycles. The molecule has 1 unspecified atom stereocenters. The van der Waals surface area contributed by atoms with E-state index in [9.17, 15) is 0 Å². The molecule has 0 aromatic carbocycles. The van der Waals surface area contributed by atoms with Gasteiger partial charge in [0, 0.05) is 25.3 Å². The molecule has 1 aromatic rings. The summed E-state index contributed by atoms with van der Waals surface area (Å²) in [5, 5.41) is 3.34. The van der Waals surface area contributed by atoms with Crippen molar-refractivity contribution in [3.63, 3.8) is 0 Å². The van der Waals surface area contributed by atoms with Gasteiger partial charge in [0.25, 0.3) is 0 Å². The third-order valence-electron chi connectivity index (χ3n) is 2.51. The Hall–Kier alpha value is -1.09. The van der Waals surface area contributed by atoms with E-state index in [4.69, 9.17) is 4.74 Å². The Bertz CT molecular complexity index is 295. The largest absolute Gasteiger partial charge is 0.381 e.